The summed E-state index contributed by atoms with van der Waals surface area (Å²) in [7, 11) is 0. The van der Waals surface area contributed by atoms with Crippen molar-refractivity contribution in [1.82, 2.24) is 10.1 Å². The summed E-state index contributed by atoms with van der Waals surface area (Å²) in [6.07, 6.45) is 3.70. The molecule has 2 aromatic rings. The molecule has 0 spiro atoms. The highest BCUT2D eigenvalue weighted by Gasteiger charge is 2.12. The lowest BCUT2D eigenvalue weighted by molar-refractivity contribution is 0.426. The fourth-order valence-corrected chi connectivity index (χ4v) is 1.32. The van der Waals surface area contributed by atoms with E-state index in [0.29, 0.717) is 6.54 Å². The van der Waals surface area contributed by atoms with Gasteiger partial charge >= 0.3 is 0 Å². The monoisotopic (exact) mass is 177 g/mol. The van der Waals surface area contributed by atoms with Crippen LogP contribution in [-0.2, 0) is 6.54 Å². The first-order chi connectivity index (χ1) is 6.33. The number of aromatic amines is 1. The van der Waals surface area contributed by atoms with E-state index >= 15 is 0 Å². The highest BCUT2D eigenvalue weighted by Crippen LogP contribution is 2.24. The maximum absolute atomic E-state index is 5.59. The minimum atomic E-state index is 0.454. The van der Waals surface area contributed by atoms with Gasteiger partial charge in [0.15, 0.2) is 5.76 Å². The SMILES string of the molecule is Cc1noc(-c2cc[nH]c2)c1CN. The molecule has 0 atom stereocenters. The van der Waals surface area contributed by atoms with Crippen LogP contribution >= 0.6 is 0 Å². The van der Waals surface area contributed by atoms with Crippen molar-refractivity contribution >= 4 is 0 Å². The van der Waals surface area contributed by atoms with Gasteiger partial charge in [0, 0.05) is 30.1 Å². The summed E-state index contributed by atoms with van der Waals surface area (Å²) >= 11 is 0. The second kappa shape index (κ2) is 3.06. The van der Waals surface area contributed by atoms with Crippen LogP contribution in [-0.4, -0.2) is 10.1 Å². The Hall–Kier alpha value is -1.55. The van der Waals surface area contributed by atoms with Gasteiger partial charge in [-0.25, -0.2) is 0 Å². The molecule has 0 aliphatic rings. The van der Waals surface area contributed by atoms with Crippen LogP contribution in [0.15, 0.2) is 23.0 Å². The Labute approximate surface area is 75.7 Å². The van der Waals surface area contributed by atoms with Crippen molar-refractivity contribution in [2.75, 3.05) is 0 Å². The van der Waals surface area contributed by atoms with Crippen LogP contribution in [0.4, 0.5) is 0 Å². The Bertz CT molecular complexity index is 389. The van der Waals surface area contributed by atoms with Gasteiger partial charge in [0.05, 0.1) is 5.69 Å². The van der Waals surface area contributed by atoms with E-state index in [2.05, 4.69) is 10.1 Å². The first-order valence-corrected chi connectivity index (χ1v) is 4.11. The van der Waals surface area contributed by atoms with Crippen LogP contribution in [0.5, 0.6) is 0 Å². The Morgan fingerprint density at radius 2 is 2.46 bits per heavy atom. The topological polar surface area (TPSA) is 67.8 Å². The van der Waals surface area contributed by atoms with Crippen LogP contribution in [0.3, 0.4) is 0 Å². The zero-order valence-electron chi connectivity index (χ0n) is 7.37. The zero-order valence-corrected chi connectivity index (χ0v) is 7.37. The first kappa shape index (κ1) is 8.07. The molecular formula is C9H11N3O. The molecule has 0 amide bonds. The van der Waals surface area contributed by atoms with Crippen LogP contribution in [0.2, 0.25) is 0 Å². The van der Waals surface area contributed by atoms with Crippen LogP contribution in [0.25, 0.3) is 11.3 Å². The molecule has 0 aliphatic carbocycles. The first-order valence-electron chi connectivity index (χ1n) is 4.11. The van der Waals surface area contributed by atoms with Crippen molar-refractivity contribution in [3.63, 3.8) is 0 Å². The Morgan fingerprint density at radius 3 is 3.08 bits per heavy atom. The van der Waals surface area contributed by atoms with Gasteiger partial charge in [-0.05, 0) is 13.0 Å². The summed E-state index contributed by atoms with van der Waals surface area (Å²) in [4.78, 5) is 2.96. The molecule has 0 aliphatic heterocycles. The quantitative estimate of drug-likeness (QED) is 0.729. The van der Waals surface area contributed by atoms with Crippen molar-refractivity contribution < 1.29 is 4.52 Å². The molecule has 2 aromatic heterocycles. The normalized spacial score (nSPS) is 10.6. The minimum absolute atomic E-state index is 0.454. The molecule has 13 heavy (non-hydrogen) atoms. The third kappa shape index (κ3) is 1.25. The summed E-state index contributed by atoms with van der Waals surface area (Å²) in [5.41, 5.74) is 8.41. The molecule has 68 valence electrons. The predicted octanol–water partition coefficient (Wildman–Crippen LogP) is 1.44. The van der Waals surface area contributed by atoms with Gasteiger partial charge in [-0.1, -0.05) is 5.16 Å². The van der Waals surface area contributed by atoms with Gasteiger partial charge in [-0.2, -0.15) is 0 Å². The number of rotatable bonds is 2. The van der Waals surface area contributed by atoms with Gasteiger partial charge in [-0.15, -0.1) is 0 Å². The smallest absolute Gasteiger partial charge is 0.173 e. The molecule has 4 heteroatoms. The van der Waals surface area contributed by atoms with E-state index in [1.54, 1.807) is 0 Å². The van der Waals surface area contributed by atoms with E-state index in [1.165, 1.54) is 0 Å². The fourth-order valence-electron chi connectivity index (χ4n) is 1.32. The number of hydrogen-bond donors (Lipinski definition) is 2. The van der Waals surface area contributed by atoms with Crippen molar-refractivity contribution in [3.05, 3.63) is 29.7 Å². The number of nitrogens with zero attached hydrogens (tertiary/aromatic N) is 1. The van der Waals surface area contributed by atoms with Gasteiger partial charge in [-0.3, -0.25) is 0 Å². The maximum atomic E-state index is 5.59. The highest BCUT2D eigenvalue weighted by molar-refractivity contribution is 5.60. The molecule has 4 nitrogen and oxygen atoms in total. The van der Waals surface area contributed by atoms with Crippen molar-refractivity contribution in [2.45, 2.75) is 13.5 Å². The lowest BCUT2D eigenvalue weighted by atomic mass is 10.1. The number of aryl methyl sites for hydroxylation is 1. The Balaban J connectivity index is 2.52. The largest absolute Gasteiger partial charge is 0.367 e. The van der Waals surface area contributed by atoms with Crippen LogP contribution < -0.4 is 5.73 Å². The number of hydrogen-bond acceptors (Lipinski definition) is 3. The predicted molar refractivity (Wildman–Crippen MR) is 48.9 cm³/mol. The second-order valence-corrected chi connectivity index (χ2v) is 2.88. The molecule has 0 saturated carbocycles. The van der Waals surface area contributed by atoms with Crippen molar-refractivity contribution in [2.24, 2.45) is 5.73 Å². The summed E-state index contributed by atoms with van der Waals surface area (Å²) in [5.74, 6) is 0.765. The molecule has 2 rings (SSSR count). The van der Waals surface area contributed by atoms with E-state index in [9.17, 15) is 0 Å². The van der Waals surface area contributed by atoms with Gasteiger partial charge in [0.2, 0.25) is 0 Å². The minimum Gasteiger partial charge on any atom is -0.367 e. The standard InChI is InChI=1S/C9H11N3O/c1-6-8(4-10)9(13-12-6)7-2-3-11-5-7/h2-3,5,11H,4,10H2,1H3. The van der Waals surface area contributed by atoms with E-state index in [-0.39, 0.29) is 0 Å². The maximum Gasteiger partial charge on any atom is 0.173 e. The molecule has 0 aromatic carbocycles. The van der Waals surface area contributed by atoms with E-state index in [4.69, 9.17) is 10.3 Å². The van der Waals surface area contributed by atoms with Gasteiger partial charge in [0.1, 0.15) is 0 Å². The average molecular weight is 177 g/mol. The third-order valence-electron chi connectivity index (χ3n) is 2.05. The Kier molecular flexibility index (Phi) is 1.90. The molecule has 3 N–H and O–H groups in total. The van der Waals surface area contributed by atoms with E-state index in [1.807, 2.05) is 25.4 Å². The van der Waals surface area contributed by atoms with Crippen LogP contribution in [0.1, 0.15) is 11.3 Å². The fraction of sp³-hybridized carbons (Fsp3) is 0.222. The molecule has 0 fully saturated rings. The number of nitrogens with two attached hydrogens (primary N) is 1. The lowest BCUT2D eigenvalue weighted by Crippen LogP contribution is -1.98. The molecule has 0 radical (unpaired) electrons. The molecule has 0 bridgehead atoms. The summed E-state index contributed by atoms with van der Waals surface area (Å²) in [6, 6.07) is 1.93. The number of H-pyrrole nitrogens is 1. The third-order valence-corrected chi connectivity index (χ3v) is 2.05. The molecule has 2 heterocycles. The van der Waals surface area contributed by atoms with Crippen molar-refractivity contribution in [1.29, 1.82) is 0 Å². The van der Waals surface area contributed by atoms with Gasteiger partial charge < -0.3 is 15.2 Å². The second-order valence-electron chi connectivity index (χ2n) is 2.88. The van der Waals surface area contributed by atoms with E-state index < -0.39 is 0 Å². The lowest BCUT2D eigenvalue weighted by Gasteiger charge is -1.94. The van der Waals surface area contributed by atoms with E-state index in [0.717, 1.165) is 22.6 Å². The number of nitrogens with one attached hydrogen (secondary N) is 1. The zero-order chi connectivity index (χ0) is 9.26. The molecule has 0 saturated heterocycles. The highest BCUT2D eigenvalue weighted by atomic mass is 16.5. The van der Waals surface area contributed by atoms with Crippen LogP contribution in [0, 0.1) is 6.92 Å². The summed E-state index contributed by atoms with van der Waals surface area (Å²) in [5, 5.41) is 3.87. The molecular weight excluding hydrogens is 166 g/mol. The summed E-state index contributed by atoms with van der Waals surface area (Å²) < 4.78 is 5.18. The van der Waals surface area contributed by atoms with Crippen molar-refractivity contribution in [3.8, 4) is 11.3 Å². The number of aromatic nitrogens is 2. The average Bonchev–Trinajstić information content (AvgIpc) is 2.71. The summed E-state index contributed by atoms with van der Waals surface area (Å²) in [6.45, 7) is 2.34. The molecule has 0 unspecified atom stereocenters. The Morgan fingerprint density at radius 1 is 1.62 bits per heavy atom. The van der Waals surface area contributed by atoms with Gasteiger partial charge in [0.25, 0.3) is 0 Å².